The number of hydrogen-bond acceptors (Lipinski definition) is 7. The highest BCUT2D eigenvalue weighted by Gasteiger charge is 2.25. The van der Waals surface area contributed by atoms with Crippen LogP contribution in [0.25, 0.3) is 0 Å². The van der Waals surface area contributed by atoms with E-state index in [0.29, 0.717) is 20.7 Å². The molecule has 1 fully saturated rings. The van der Waals surface area contributed by atoms with Crippen molar-refractivity contribution in [3.8, 4) is 0 Å². The van der Waals surface area contributed by atoms with Crippen LogP contribution in [0.2, 0.25) is 0 Å². The van der Waals surface area contributed by atoms with Crippen molar-refractivity contribution in [1.82, 2.24) is 15.5 Å². The van der Waals surface area contributed by atoms with Gasteiger partial charge in [0.1, 0.15) is 0 Å². The number of nitrogens with one attached hydrogen (secondary N) is 3. The molecule has 1 aliphatic carbocycles. The van der Waals surface area contributed by atoms with Gasteiger partial charge >= 0.3 is 0 Å². The number of nitrogens with zero attached hydrogens (tertiary/aromatic N) is 2. The van der Waals surface area contributed by atoms with E-state index < -0.39 is 0 Å². The van der Waals surface area contributed by atoms with E-state index in [0.717, 1.165) is 24.1 Å². The summed E-state index contributed by atoms with van der Waals surface area (Å²) in [6, 6.07) is 15.3. The number of para-hydroxylation sites is 1. The van der Waals surface area contributed by atoms with Crippen molar-refractivity contribution in [3.63, 3.8) is 0 Å². The highest BCUT2D eigenvalue weighted by Crippen LogP contribution is 2.28. The van der Waals surface area contributed by atoms with Gasteiger partial charge in [-0.1, -0.05) is 47.4 Å². The van der Waals surface area contributed by atoms with Crippen molar-refractivity contribution < 1.29 is 9.59 Å². The van der Waals surface area contributed by atoms with Gasteiger partial charge in [0.25, 0.3) is 5.91 Å². The van der Waals surface area contributed by atoms with Crippen LogP contribution in [-0.4, -0.2) is 33.8 Å². The molecule has 0 bridgehead atoms. The Hall–Kier alpha value is -2.91. The van der Waals surface area contributed by atoms with Crippen molar-refractivity contribution in [3.05, 3.63) is 59.7 Å². The Morgan fingerprint density at radius 3 is 2.77 bits per heavy atom. The number of thioether (sulfide) groups is 1. The first kappa shape index (κ1) is 20.4. The Bertz CT molecular complexity index is 1060. The molecular formula is C21H21N5O2S2. The van der Waals surface area contributed by atoms with Crippen LogP contribution in [0.15, 0.2) is 52.9 Å². The van der Waals surface area contributed by atoms with E-state index in [4.69, 9.17) is 0 Å². The second-order valence-corrected chi connectivity index (χ2v) is 9.20. The molecule has 1 aliphatic rings. The third-order valence-corrected chi connectivity index (χ3v) is 6.33. The fraction of sp³-hybridized carbons (Fsp3) is 0.238. The number of hydrogen-bond donors (Lipinski definition) is 3. The van der Waals surface area contributed by atoms with Crippen LogP contribution in [0.3, 0.4) is 0 Å². The van der Waals surface area contributed by atoms with Crippen molar-refractivity contribution >= 4 is 51.4 Å². The second kappa shape index (κ2) is 9.27. The van der Waals surface area contributed by atoms with E-state index in [-0.39, 0.29) is 23.6 Å². The number of rotatable bonds is 8. The van der Waals surface area contributed by atoms with Gasteiger partial charge < -0.3 is 16.0 Å². The van der Waals surface area contributed by atoms with Gasteiger partial charge in [0, 0.05) is 11.7 Å². The van der Waals surface area contributed by atoms with E-state index in [1.54, 1.807) is 24.3 Å². The molecule has 0 unspecified atom stereocenters. The zero-order valence-corrected chi connectivity index (χ0v) is 18.0. The molecule has 2 aromatic carbocycles. The SMILES string of the molecule is Cc1cccc(Nc2nnc(SCC(=O)Nc3ccccc3C(=O)NC3CC3)s2)c1. The lowest BCUT2D eigenvalue weighted by Crippen LogP contribution is -2.27. The third-order valence-electron chi connectivity index (χ3n) is 4.36. The maximum atomic E-state index is 12.4. The minimum atomic E-state index is -0.199. The average molecular weight is 440 g/mol. The molecule has 0 radical (unpaired) electrons. The molecule has 0 spiro atoms. The number of anilines is 3. The normalized spacial score (nSPS) is 13.0. The summed E-state index contributed by atoms with van der Waals surface area (Å²) in [6.07, 6.45) is 2.03. The van der Waals surface area contributed by atoms with Crippen molar-refractivity contribution in [2.45, 2.75) is 30.1 Å². The zero-order chi connectivity index (χ0) is 20.9. The summed E-state index contributed by atoms with van der Waals surface area (Å²) in [7, 11) is 0. The molecule has 2 amide bonds. The first-order valence-corrected chi connectivity index (χ1v) is 11.4. The smallest absolute Gasteiger partial charge is 0.253 e. The number of aryl methyl sites for hydroxylation is 1. The van der Waals surface area contributed by atoms with Crippen LogP contribution in [0.5, 0.6) is 0 Å². The van der Waals surface area contributed by atoms with Crippen LogP contribution in [0.4, 0.5) is 16.5 Å². The summed E-state index contributed by atoms with van der Waals surface area (Å²) < 4.78 is 0.695. The van der Waals surface area contributed by atoms with Gasteiger partial charge in [0.15, 0.2) is 4.34 Å². The Balaban J connectivity index is 1.31. The van der Waals surface area contributed by atoms with Gasteiger partial charge in [-0.15, -0.1) is 10.2 Å². The molecule has 0 saturated heterocycles. The summed E-state index contributed by atoms with van der Waals surface area (Å²) in [5.41, 5.74) is 3.09. The van der Waals surface area contributed by atoms with Gasteiger partial charge in [-0.25, -0.2) is 0 Å². The molecule has 3 N–H and O–H groups in total. The van der Waals surface area contributed by atoms with E-state index in [1.807, 2.05) is 31.2 Å². The number of aromatic nitrogens is 2. The Labute approximate surface area is 182 Å². The standard InChI is InChI=1S/C21H21N5O2S2/c1-13-5-4-6-15(11-13)23-20-25-26-21(30-20)29-12-18(27)24-17-8-3-2-7-16(17)19(28)22-14-9-10-14/h2-8,11,14H,9-10,12H2,1H3,(H,22,28)(H,23,25)(H,24,27). The van der Waals surface area contributed by atoms with Crippen LogP contribution in [-0.2, 0) is 4.79 Å². The summed E-state index contributed by atoms with van der Waals surface area (Å²) >= 11 is 2.70. The van der Waals surface area contributed by atoms with E-state index in [1.165, 1.54) is 23.1 Å². The van der Waals surface area contributed by atoms with E-state index in [2.05, 4.69) is 26.1 Å². The van der Waals surface area contributed by atoms with Crippen molar-refractivity contribution in [2.75, 3.05) is 16.4 Å². The summed E-state index contributed by atoms with van der Waals surface area (Å²) in [5, 5.41) is 17.9. The minimum Gasteiger partial charge on any atom is -0.349 e. The monoisotopic (exact) mass is 439 g/mol. The third kappa shape index (κ3) is 5.58. The van der Waals surface area contributed by atoms with Gasteiger partial charge in [-0.2, -0.15) is 0 Å². The molecule has 1 aromatic heterocycles. The predicted molar refractivity (Wildman–Crippen MR) is 121 cm³/mol. The average Bonchev–Trinajstić information content (AvgIpc) is 3.43. The molecule has 4 rings (SSSR count). The van der Waals surface area contributed by atoms with Gasteiger partial charge in [-0.05, 0) is 49.6 Å². The lowest BCUT2D eigenvalue weighted by Gasteiger charge is -2.10. The lowest BCUT2D eigenvalue weighted by molar-refractivity contribution is -0.113. The van der Waals surface area contributed by atoms with Gasteiger partial charge in [-0.3, -0.25) is 9.59 Å². The van der Waals surface area contributed by atoms with Crippen LogP contribution in [0.1, 0.15) is 28.8 Å². The fourth-order valence-corrected chi connectivity index (χ4v) is 4.33. The first-order valence-electron chi connectivity index (χ1n) is 9.56. The summed E-state index contributed by atoms with van der Waals surface area (Å²) in [6.45, 7) is 2.03. The van der Waals surface area contributed by atoms with Crippen LogP contribution >= 0.6 is 23.1 Å². The number of amides is 2. The Morgan fingerprint density at radius 1 is 1.13 bits per heavy atom. The Morgan fingerprint density at radius 2 is 1.97 bits per heavy atom. The zero-order valence-electron chi connectivity index (χ0n) is 16.3. The lowest BCUT2D eigenvalue weighted by atomic mass is 10.1. The quantitative estimate of drug-likeness (QED) is 0.455. The molecule has 154 valence electrons. The molecule has 1 saturated carbocycles. The highest BCUT2D eigenvalue weighted by atomic mass is 32.2. The molecule has 1 heterocycles. The molecular weight excluding hydrogens is 418 g/mol. The molecule has 30 heavy (non-hydrogen) atoms. The largest absolute Gasteiger partial charge is 0.349 e. The molecule has 7 nitrogen and oxygen atoms in total. The van der Waals surface area contributed by atoms with E-state index in [9.17, 15) is 9.59 Å². The number of benzene rings is 2. The highest BCUT2D eigenvalue weighted by molar-refractivity contribution is 8.01. The van der Waals surface area contributed by atoms with Crippen LogP contribution in [0, 0.1) is 6.92 Å². The fourth-order valence-electron chi connectivity index (χ4n) is 2.76. The van der Waals surface area contributed by atoms with Gasteiger partial charge in [0.05, 0.1) is 17.0 Å². The molecule has 0 atom stereocenters. The Kier molecular flexibility index (Phi) is 6.29. The summed E-state index contributed by atoms with van der Waals surface area (Å²) in [5.74, 6) is -0.176. The maximum absolute atomic E-state index is 12.4. The van der Waals surface area contributed by atoms with Crippen molar-refractivity contribution in [2.24, 2.45) is 0 Å². The predicted octanol–water partition coefficient (Wildman–Crippen LogP) is 4.21. The van der Waals surface area contributed by atoms with Gasteiger partial charge in [0.2, 0.25) is 11.0 Å². The van der Waals surface area contributed by atoms with Crippen LogP contribution < -0.4 is 16.0 Å². The van der Waals surface area contributed by atoms with E-state index >= 15 is 0 Å². The molecule has 9 heteroatoms. The topological polar surface area (TPSA) is 96.0 Å². The maximum Gasteiger partial charge on any atom is 0.253 e. The molecule has 0 aliphatic heterocycles. The number of carbonyl (C=O) groups excluding carboxylic acids is 2. The van der Waals surface area contributed by atoms with Crippen molar-refractivity contribution in [1.29, 1.82) is 0 Å². The second-order valence-electron chi connectivity index (χ2n) is 7.00. The first-order chi connectivity index (χ1) is 14.6. The minimum absolute atomic E-state index is 0.156. The molecule has 3 aromatic rings. The number of carbonyl (C=O) groups is 2. The summed E-state index contributed by atoms with van der Waals surface area (Å²) in [4.78, 5) is 24.8.